The standard InChI is InChI=1S/C19H21NO5/c1-2-3-4-5-13-6-11-17(16(21)12-13)25-15-9-7-14(8-10-15)20-18(22)19(23)24/h6-12,21H,2-5H2,1H3,(H,20,22)(H,23,24). The molecule has 0 aliphatic rings. The van der Waals surface area contributed by atoms with E-state index in [1.807, 2.05) is 6.07 Å². The van der Waals surface area contributed by atoms with Crippen LogP contribution in [0, 0.1) is 0 Å². The van der Waals surface area contributed by atoms with E-state index in [2.05, 4.69) is 12.2 Å². The number of carboxylic acid groups (broad SMARTS) is 1. The zero-order valence-electron chi connectivity index (χ0n) is 14.0. The lowest BCUT2D eigenvalue weighted by Crippen LogP contribution is -2.21. The third-order valence-corrected chi connectivity index (χ3v) is 3.63. The Morgan fingerprint density at radius 1 is 1.08 bits per heavy atom. The number of phenols is 1. The predicted octanol–water partition coefficient (Wildman–Crippen LogP) is 3.94. The summed E-state index contributed by atoms with van der Waals surface area (Å²) in [6, 6.07) is 11.5. The Morgan fingerprint density at radius 2 is 1.80 bits per heavy atom. The molecule has 1 amide bonds. The summed E-state index contributed by atoms with van der Waals surface area (Å²) >= 11 is 0. The van der Waals surface area contributed by atoms with Gasteiger partial charge in [-0.15, -0.1) is 0 Å². The molecule has 6 nitrogen and oxygen atoms in total. The van der Waals surface area contributed by atoms with Gasteiger partial charge in [0.25, 0.3) is 0 Å². The topological polar surface area (TPSA) is 95.9 Å². The lowest BCUT2D eigenvalue weighted by Gasteiger charge is -2.10. The van der Waals surface area contributed by atoms with Crippen LogP contribution in [0.15, 0.2) is 42.5 Å². The number of ether oxygens (including phenoxy) is 1. The van der Waals surface area contributed by atoms with Crippen molar-refractivity contribution in [3.8, 4) is 17.2 Å². The minimum absolute atomic E-state index is 0.0669. The van der Waals surface area contributed by atoms with Crippen molar-refractivity contribution in [3.63, 3.8) is 0 Å². The number of aliphatic carboxylic acids is 1. The van der Waals surface area contributed by atoms with E-state index in [9.17, 15) is 14.7 Å². The van der Waals surface area contributed by atoms with E-state index < -0.39 is 11.9 Å². The maximum absolute atomic E-state index is 11.1. The van der Waals surface area contributed by atoms with Gasteiger partial charge < -0.3 is 20.3 Å². The summed E-state index contributed by atoms with van der Waals surface area (Å²) in [5.41, 5.74) is 1.40. The van der Waals surface area contributed by atoms with Gasteiger partial charge in [-0.1, -0.05) is 25.8 Å². The molecular formula is C19H21NO5. The smallest absolute Gasteiger partial charge is 0.394 e. The van der Waals surface area contributed by atoms with Crippen LogP contribution in [0.2, 0.25) is 0 Å². The Morgan fingerprint density at radius 3 is 2.40 bits per heavy atom. The first-order valence-electron chi connectivity index (χ1n) is 8.13. The second-order valence-electron chi connectivity index (χ2n) is 5.64. The van der Waals surface area contributed by atoms with E-state index in [-0.39, 0.29) is 5.75 Å². The van der Waals surface area contributed by atoms with Crippen LogP contribution in [0.1, 0.15) is 31.7 Å². The summed E-state index contributed by atoms with van der Waals surface area (Å²) in [6.07, 6.45) is 4.30. The van der Waals surface area contributed by atoms with Crippen LogP contribution < -0.4 is 10.1 Å². The highest BCUT2D eigenvalue weighted by Gasteiger charge is 2.11. The molecule has 0 bridgehead atoms. The number of benzene rings is 2. The summed E-state index contributed by atoms with van der Waals surface area (Å²) in [5.74, 6) is -1.80. The molecule has 0 saturated heterocycles. The average molecular weight is 343 g/mol. The number of amides is 1. The zero-order valence-corrected chi connectivity index (χ0v) is 14.0. The van der Waals surface area contributed by atoms with E-state index in [1.165, 1.54) is 12.1 Å². The number of hydrogen-bond donors (Lipinski definition) is 3. The lowest BCUT2D eigenvalue weighted by atomic mass is 10.1. The molecule has 2 rings (SSSR count). The minimum atomic E-state index is -1.55. The van der Waals surface area contributed by atoms with E-state index in [0.29, 0.717) is 17.2 Å². The van der Waals surface area contributed by atoms with Gasteiger partial charge in [0.2, 0.25) is 0 Å². The van der Waals surface area contributed by atoms with Crippen molar-refractivity contribution >= 4 is 17.6 Å². The molecule has 0 spiro atoms. The lowest BCUT2D eigenvalue weighted by molar-refractivity contribution is -0.147. The number of anilines is 1. The van der Waals surface area contributed by atoms with Crippen LogP contribution in [0.3, 0.4) is 0 Å². The summed E-state index contributed by atoms with van der Waals surface area (Å²) in [5, 5.41) is 20.9. The number of aromatic hydroxyl groups is 1. The van der Waals surface area contributed by atoms with Crippen LogP contribution in [-0.4, -0.2) is 22.1 Å². The molecule has 2 aromatic rings. The average Bonchev–Trinajstić information content (AvgIpc) is 2.59. The van der Waals surface area contributed by atoms with Crippen molar-refractivity contribution in [2.75, 3.05) is 5.32 Å². The van der Waals surface area contributed by atoms with Crippen LogP contribution in [0.25, 0.3) is 0 Å². The van der Waals surface area contributed by atoms with Crippen molar-refractivity contribution in [3.05, 3.63) is 48.0 Å². The predicted molar refractivity (Wildman–Crippen MR) is 94.1 cm³/mol. The first-order chi connectivity index (χ1) is 12.0. The maximum atomic E-state index is 11.1. The van der Waals surface area contributed by atoms with Gasteiger partial charge in [-0.3, -0.25) is 4.79 Å². The van der Waals surface area contributed by atoms with Crippen LogP contribution in [0.4, 0.5) is 5.69 Å². The number of rotatable bonds is 7. The van der Waals surface area contributed by atoms with E-state index in [1.54, 1.807) is 24.3 Å². The first-order valence-corrected chi connectivity index (χ1v) is 8.13. The second-order valence-corrected chi connectivity index (χ2v) is 5.64. The van der Waals surface area contributed by atoms with Crippen LogP contribution in [0.5, 0.6) is 17.2 Å². The monoisotopic (exact) mass is 343 g/mol. The molecule has 0 radical (unpaired) electrons. The molecule has 0 aromatic heterocycles. The fraction of sp³-hybridized carbons (Fsp3) is 0.263. The van der Waals surface area contributed by atoms with Crippen molar-refractivity contribution in [1.82, 2.24) is 0 Å². The van der Waals surface area contributed by atoms with Crippen LogP contribution >= 0.6 is 0 Å². The molecule has 2 aromatic carbocycles. The third kappa shape index (κ3) is 5.53. The summed E-state index contributed by atoms with van der Waals surface area (Å²) < 4.78 is 5.62. The normalized spacial score (nSPS) is 10.3. The molecular weight excluding hydrogens is 322 g/mol. The molecule has 0 aliphatic carbocycles. The first kappa shape index (κ1) is 18.3. The summed E-state index contributed by atoms with van der Waals surface area (Å²) in [4.78, 5) is 21.6. The number of hydrogen-bond acceptors (Lipinski definition) is 4. The van der Waals surface area contributed by atoms with E-state index >= 15 is 0 Å². The fourth-order valence-corrected chi connectivity index (χ4v) is 2.30. The Balaban J connectivity index is 1.99. The number of nitrogens with one attached hydrogen (secondary N) is 1. The summed E-state index contributed by atoms with van der Waals surface area (Å²) in [7, 11) is 0. The SMILES string of the molecule is CCCCCc1ccc(Oc2ccc(NC(=O)C(=O)O)cc2)c(O)c1. The van der Waals surface area contributed by atoms with Gasteiger partial charge in [0.05, 0.1) is 0 Å². The number of phenolic OH excluding ortho intramolecular Hbond substituents is 1. The van der Waals surface area contributed by atoms with E-state index in [4.69, 9.17) is 9.84 Å². The molecule has 0 saturated carbocycles. The van der Waals surface area contributed by atoms with Gasteiger partial charge in [-0.25, -0.2) is 4.79 Å². The summed E-state index contributed by atoms with van der Waals surface area (Å²) in [6.45, 7) is 2.15. The van der Waals surface area contributed by atoms with Gasteiger partial charge in [0.15, 0.2) is 11.5 Å². The number of carbonyl (C=O) groups excluding carboxylic acids is 1. The molecule has 0 heterocycles. The molecule has 0 aliphatic heterocycles. The highest BCUT2D eigenvalue weighted by molar-refractivity contribution is 6.36. The van der Waals surface area contributed by atoms with Gasteiger partial charge >= 0.3 is 11.9 Å². The number of carboxylic acids is 1. The molecule has 0 unspecified atom stereocenters. The quantitative estimate of drug-likeness (QED) is 0.523. The second kappa shape index (κ2) is 8.73. The number of unbranched alkanes of at least 4 members (excludes halogenated alkanes) is 2. The van der Waals surface area contributed by atoms with Gasteiger partial charge in [0.1, 0.15) is 5.75 Å². The minimum Gasteiger partial charge on any atom is -0.504 e. The maximum Gasteiger partial charge on any atom is 0.394 e. The van der Waals surface area contributed by atoms with Crippen molar-refractivity contribution in [2.45, 2.75) is 32.6 Å². The van der Waals surface area contributed by atoms with E-state index in [0.717, 1.165) is 31.2 Å². The molecule has 132 valence electrons. The van der Waals surface area contributed by atoms with Crippen molar-refractivity contribution < 1.29 is 24.5 Å². The third-order valence-electron chi connectivity index (χ3n) is 3.63. The Kier molecular flexibility index (Phi) is 6.39. The fourth-order valence-electron chi connectivity index (χ4n) is 2.30. The zero-order chi connectivity index (χ0) is 18.2. The van der Waals surface area contributed by atoms with Gasteiger partial charge in [-0.05, 0) is 54.8 Å². The van der Waals surface area contributed by atoms with Crippen molar-refractivity contribution in [1.29, 1.82) is 0 Å². The van der Waals surface area contributed by atoms with Crippen molar-refractivity contribution in [2.24, 2.45) is 0 Å². The van der Waals surface area contributed by atoms with Gasteiger partial charge in [-0.2, -0.15) is 0 Å². The van der Waals surface area contributed by atoms with Gasteiger partial charge in [0, 0.05) is 5.69 Å². The number of carbonyl (C=O) groups is 2. The Labute approximate surface area is 146 Å². The highest BCUT2D eigenvalue weighted by atomic mass is 16.5. The largest absolute Gasteiger partial charge is 0.504 e. The molecule has 3 N–H and O–H groups in total. The highest BCUT2D eigenvalue weighted by Crippen LogP contribution is 2.32. The molecule has 25 heavy (non-hydrogen) atoms. The number of aryl methyl sites for hydroxylation is 1. The molecule has 0 fully saturated rings. The van der Waals surface area contributed by atoms with Crippen LogP contribution in [-0.2, 0) is 16.0 Å². The molecule has 6 heteroatoms. The molecule has 0 atom stereocenters. The Hall–Kier alpha value is -3.02. The Bertz CT molecular complexity index is 740.